The molecule has 2 N–H and O–H groups in total. The Morgan fingerprint density at radius 1 is 1.08 bits per heavy atom. The zero-order valence-corrected chi connectivity index (χ0v) is 14.1. The average molecular weight is 340 g/mol. The fourth-order valence-electron chi connectivity index (χ4n) is 2.68. The first-order chi connectivity index (χ1) is 11.7. The molecule has 1 aliphatic heterocycles. The first-order valence-corrected chi connectivity index (χ1v) is 8.49. The second-order valence-corrected chi connectivity index (χ2v) is 6.15. The topological polar surface area (TPSA) is 50.4 Å². The second kappa shape index (κ2) is 8.04. The molecule has 24 heavy (non-hydrogen) atoms. The van der Waals surface area contributed by atoms with Gasteiger partial charge in [-0.15, -0.1) is 0 Å². The van der Waals surface area contributed by atoms with Crippen LogP contribution in [0.25, 0.3) is 11.1 Å². The van der Waals surface area contributed by atoms with Gasteiger partial charge in [-0.05, 0) is 48.3 Å². The molecule has 2 aromatic rings. The molecular formula is C19H20N2O2S. The predicted octanol–water partition coefficient (Wildman–Crippen LogP) is 3.14. The molecule has 0 saturated carbocycles. The summed E-state index contributed by atoms with van der Waals surface area (Å²) in [4.78, 5) is 12.2. The smallest absolute Gasteiger partial charge is 0.257 e. The van der Waals surface area contributed by atoms with Crippen molar-refractivity contribution in [1.82, 2.24) is 10.6 Å². The standard InChI is InChI=1S/C19H20N2O2S/c22-18(21-19(24)20-13-17-7-4-12-23-17)16-10-8-15(9-11-16)14-5-2-1-3-6-14/h1-3,5-6,8-11,17H,4,7,12-13H2,(H2,20,21,22,24). The summed E-state index contributed by atoms with van der Waals surface area (Å²) in [7, 11) is 0. The lowest BCUT2D eigenvalue weighted by molar-refractivity contribution is 0.0973. The number of ether oxygens (including phenoxy) is 1. The van der Waals surface area contributed by atoms with Crippen molar-refractivity contribution in [1.29, 1.82) is 0 Å². The molecule has 5 heteroatoms. The van der Waals surface area contributed by atoms with Gasteiger partial charge in [-0.1, -0.05) is 42.5 Å². The molecular weight excluding hydrogens is 320 g/mol. The fourth-order valence-corrected chi connectivity index (χ4v) is 2.85. The van der Waals surface area contributed by atoms with Crippen molar-refractivity contribution < 1.29 is 9.53 Å². The Morgan fingerprint density at radius 2 is 1.79 bits per heavy atom. The van der Waals surface area contributed by atoms with E-state index in [1.807, 2.05) is 42.5 Å². The van der Waals surface area contributed by atoms with Crippen LogP contribution in [0.1, 0.15) is 23.2 Å². The van der Waals surface area contributed by atoms with Crippen molar-refractivity contribution in [3.8, 4) is 11.1 Å². The van der Waals surface area contributed by atoms with Gasteiger partial charge in [-0.3, -0.25) is 10.1 Å². The molecule has 1 aliphatic rings. The number of thiocarbonyl (C=S) groups is 1. The van der Waals surface area contributed by atoms with E-state index in [-0.39, 0.29) is 12.0 Å². The average Bonchev–Trinajstić information content (AvgIpc) is 3.14. The molecule has 1 unspecified atom stereocenters. The van der Waals surface area contributed by atoms with Crippen LogP contribution in [-0.2, 0) is 4.74 Å². The SMILES string of the molecule is O=C(NC(=S)NCC1CCCO1)c1ccc(-c2ccccc2)cc1. The maximum absolute atomic E-state index is 12.2. The lowest BCUT2D eigenvalue weighted by Gasteiger charge is -2.13. The minimum atomic E-state index is -0.209. The van der Waals surface area contributed by atoms with Crippen LogP contribution in [0.4, 0.5) is 0 Å². The van der Waals surface area contributed by atoms with Gasteiger partial charge in [0.25, 0.3) is 5.91 Å². The van der Waals surface area contributed by atoms with Crippen LogP contribution in [0.2, 0.25) is 0 Å². The van der Waals surface area contributed by atoms with Crippen molar-refractivity contribution in [3.63, 3.8) is 0 Å². The van der Waals surface area contributed by atoms with Crippen molar-refractivity contribution in [2.45, 2.75) is 18.9 Å². The van der Waals surface area contributed by atoms with Gasteiger partial charge in [0.15, 0.2) is 5.11 Å². The Balaban J connectivity index is 1.53. The molecule has 1 saturated heterocycles. The lowest BCUT2D eigenvalue weighted by Crippen LogP contribution is -2.42. The van der Waals surface area contributed by atoms with Crippen molar-refractivity contribution >= 4 is 23.2 Å². The Hall–Kier alpha value is -2.24. The largest absolute Gasteiger partial charge is 0.376 e. The van der Waals surface area contributed by atoms with Crippen LogP contribution >= 0.6 is 12.2 Å². The highest BCUT2D eigenvalue weighted by molar-refractivity contribution is 7.80. The van der Waals surface area contributed by atoms with E-state index < -0.39 is 0 Å². The van der Waals surface area contributed by atoms with Gasteiger partial charge in [-0.2, -0.15) is 0 Å². The van der Waals surface area contributed by atoms with Crippen LogP contribution in [0.3, 0.4) is 0 Å². The third-order valence-electron chi connectivity index (χ3n) is 4.00. The van der Waals surface area contributed by atoms with Gasteiger partial charge in [0.1, 0.15) is 0 Å². The number of carbonyl (C=O) groups excluding carboxylic acids is 1. The monoisotopic (exact) mass is 340 g/mol. The predicted molar refractivity (Wildman–Crippen MR) is 98.9 cm³/mol. The first kappa shape index (κ1) is 16.6. The molecule has 0 radical (unpaired) electrons. The maximum Gasteiger partial charge on any atom is 0.257 e. The van der Waals surface area contributed by atoms with Gasteiger partial charge in [0.2, 0.25) is 0 Å². The second-order valence-electron chi connectivity index (χ2n) is 5.74. The molecule has 0 aromatic heterocycles. The number of nitrogens with one attached hydrogen (secondary N) is 2. The maximum atomic E-state index is 12.2. The molecule has 0 spiro atoms. The molecule has 1 heterocycles. The van der Waals surface area contributed by atoms with E-state index in [9.17, 15) is 4.79 Å². The van der Waals surface area contributed by atoms with Crippen LogP contribution < -0.4 is 10.6 Å². The zero-order chi connectivity index (χ0) is 16.8. The van der Waals surface area contributed by atoms with Gasteiger partial charge < -0.3 is 10.1 Å². The summed E-state index contributed by atoms with van der Waals surface area (Å²) in [5, 5.41) is 6.08. The Kier molecular flexibility index (Phi) is 5.56. The lowest BCUT2D eigenvalue weighted by atomic mass is 10.0. The van der Waals surface area contributed by atoms with Crippen molar-refractivity contribution in [2.24, 2.45) is 0 Å². The minimum Gasteiger partial charge on any atom is -0.376 e. The van der Waals surface area contributed by atoms with E-state index in [0.29, 0.717) is 17.2 Å². The number of rotatable bonds is 4. The highest BCUT2D eigenvalue weighted by Crippen LogP contribution is 2.19. The van der Waals surface area contributed by atoms with E-state index in [1.165, 1.54) is 0 Å². The van der Waals surface area contributed by atoms with E-state index >= 15 is 0 Å². The Bertz CT molecular complexity index is 695. The third kappa shape index (κ3) is 4.40. The quantitative estimate of drug-likeness (QED) is 0.840. The Labute approximate surface area is 147 Å². The van der Waals surface area contributed by atoms with Crippen molar-refractivity contribution in [3.05, 3.63) is 60.2 Å². The summed E-state index contributed by atoms with van der Waals surface area (Å²) in [6.07, 6.45) is 2.30. The molecule has 0 bridgehead atoms. The van der Waals surface area contributed by atoms with Gasteiger partial charge in [0, 0.05) is 18.7 Å². The summed E-state index contributed by atoms with van der Waals surface area (Å²) < 4.78 is 5.51. The van der Waals surface area contributed by atoms with E-state index in [0.717, 1.165) is 30.6 Å². The van der Waals surface area contributed by atoms with Gasteiger partial charge >= 0.3 is 0 Å². The highest BCUT2D eigenvalue weighted by atomic mass is 32.1. The fraction of sp³-hybridized carbons (Fsp3) is 0.263. The van der Waals surface area contributed by atoms with Crippen molar-refractivity contribution in [2.75, 3.05) is 13.2 Å². The molecule has 124 valence electrons. The van der Waals surface area contributed by atoms with Gasteiger partial charge in [0.05, 0.1) is 6.10 Å². The number of hydrogen-bond acceptors (Lipinski definition) is 3. The molecule has 1 fully saturated rings. The summed E-state index contributed by atoms with van der Waals surface area (Å²) in [5.41, 5.74) is 2.78. The molecule has 2 aromatic carbocycles. The Morgan fingerprint density at radius 3 is 2.46 bits per heavy atom. The number of benzene rings is 2. The van der Waals surface area contributed by atoms with Crippen LogP contribution in [0, 0.1) is 0 Å². The summed E-state index contributed by atoms with van der Waals surface area (Å²) in [5.74, 6) is -0.209. The zero-order valence-electron chi connectivity index (χ0n) is 13.3. The molecule has 1 amide bonds. The summed E-state index contributed by atoms with van der Waals surface area (Å²) >= 11 is 5.17. The minimum absolute atomic E-state index is 0.185. The number of amides is 1. The number of carbonyl (C=O) groups is 1. The van der Waals surface area contributed by atoms with E-state index in [4.69, 9.17) is 17.0 Å². The summed E-state index contributed by atoms with van der Waals surface area (Å²) in [6, 6.07) is 17.5. The third-order valence-corrected chi connectivity index (χ3v) is 4.24. The normalized spacial score (nSPS) is 16.6. The van der Waals surface area contributed by atoms with E-state index in [2.05, 4.69) is 10.6 Å². The first-order valence-electron chi connectivity index (χ1n) is 8.08. The summed E-state index contributed by atoms with van der Waals surface area (Å²) in [6.45, 7) is 1.44. The molecule has 0 aliphatic carbocycles. The van der Waals surface area contributed by atoms with Crippen LogP contribution in [-0.4, -0.2) is 30.3 Å². The van der Waals surface area contributed by atoms with Crippen LogP contribution in [0.5, 0.6) is 0 Å². The van der Waals surface area contributed by atoms with E-state index in [1.54, 1.807) is 12.1 Å². The molecule has 1 atom stereocenters. The van der Waals surface area contributed by atoms with Crippen LogP contribution in [0.15, 0.2) is 54.6 Å². The molecule has 4 nitrogen and oxygen atoms in total. The number of hydrogen-bond donors (Lipinski definition) is 2. The highest BCUT2D eigenvalue weighted by Gasteiger charge is 2.16. The van der Waals surface area contributed by atoms with Gasteiger partial charge in [-0.25, -0.2) is 0 Å². The molecule has 3 rings (SSSR count).